The van der Waals surface area contributed by atoms with Gasteiger partial charge in [0.15, 0.2) is 0 Å². The van der Waals surface area contributed by atoms with E-state index in [9.17, 15) is 5.26 Å². The first-order valence-corrected chi connectivity index (χ1v) is 8.75. The van der Waals surface area contributed by atoms with Crippen LogP contribution in [0.15, 0.2) is 0 Å². The highest BCUT2D eigenvalue weighted by atomic mass is 16.5. The molecule has 3 rings (SSSR count). The summed E-state index contributed by atoms with van der Waals surface area (Å²) in [5.74, 6) is 0.511. The Morgan fingerprint density at radius 1 is 1.29 bits per heavy atom. The van der Waals surface area contributed by atoms with Crippen LogP contribution >= 0.6 is 0 Å². The van der Waals surface area contributed by atoms with E-state index in [0.29, 0.717) is 18.1 Å². The van der Waals surface area contributed by atoms with E-state index in [4.69, 9.17) is 4.74 Å². The Labute approximate surface area is 128 Å². The zero-order valence-electron chi connectivity index (χ0n) is 13.3. The van der Waals surface area contributed by atoms with Gasteiger partial charge in [-0.1, -0.05) is 19.3 Å². The van der Waals surface area contributed by atoms with Crippen molar-refractivity contribution in [2.24, 2.45) is 5.92 Å². The molecule has 4 atom stereocenters. The second-order valence-electron chi connectivity index (χ2n) is 7.01. The van der Waals surface area contributed by atoms with Crippen molar-refractivity contribution in [2.45, 2.75) is 69.1 Å². The fourth-order valence-electron chi connectivity index (χ4n) is 4.78. The molecule has 1 aliphatic heterocycles. The third-order valence-electron chi connectivity index (χ3n) is 6.08. The number of nitrogens with zero attached hydrogens (tertiary/aromatic N) is 2. The molecule has 3 aliphatic rings. The number of fused-ring (bicyclic) bond motifs is 1. The van der Waals surface area contributed by atoms with Gasteiger partial charge in [-0.15, -0.1) is 0 Å². The van der Waals surface area contributed by atoms with E-state index in [-0.39, 0.29) is 5.54 Å². The summed E-state index contributed by atoms with van der Waals surface area (Å²) in [5, 5.41) is 12.9. The van der Waals surface area contributed by atoms with Crippen LogP contribution in [-0.2, 0) is 4.74 Å². The average molecular weight is 291 g/mol. The molecule has 4 nitrogen and oxygen atoms in total. The summed E-state index contributed by atoms with van der Waals surface area (Å²) >= 11 is 0. The number of nitrogens with one attached hydrogen (secondary N) is 1. The van der Waals surface area contributed by atoms with E-state index in [1.165, 1.54) is 38.5 Å². The number of hydrogen-bond donors (Lipinski definition) is 1. The van der Waals surface area contributed by atoms with E-state index in [0.717, 1.165) is 32.5 Å². The monoisotopic (exact) mass is 291 g/mol. The number of ether oxygens (including phenoxy) is 1. The molecule has 1 N–H and O–H groups in total. The number of morpholine rings is 1. The van der Waals surface area contributed by atoms with Crippen LogP contribution in [0.3, 0.4) is 0 Å². The molecule has 2 saturated carbocycles. The lowest BCUT2D eigenvalue weighted by Gasteiger charge is -2.44. The van der Waals surface area contributed by atoms with Gasteiger partial charge in [-0.3, -0.25) is 4.90 Å². The Kier molecular flexibility index (Phi) is 4.83. The van der Waals surface area contributed by atoms with Gasteiger partial charge >= 0.3 is 0 Å². The molecule has 3 fully saturated rings. The summed E-state index contributed by atoms with van der Waals surface area (Å²) in [6.07, 6.45) is 10.2. The second kappa shape index (κ2) is 6.64. The van der Waals surface area contributed by atoms with E-state index in [2.05, 4.69) is 16.3 Å². The molecular formula is C17H29N3O. The van der Waals surface area contributed by atoms with Gasteiger partial charge in [-0.2, -0.15) is 5.26 Å². The lowest BCUT2D eigenvalue weighted by atomic mass is 9.85. The van der Waals surface area contributed by atoms with Crippen molar-refractivity contribution < 1.29 is 4.74 Å². The molecule has 21 heavy (non-hydrogen) atoms. The molecule has 0 aromatic rings. The Morgan fingerprint density at radius 2 is 2.14 bits per heavy atom. The quantitative estimate of drug-likeness (QED) is 0.863. The van der Waals surface area contributed by atoms with Crippen molar-refractivity contribution in [1.29, 1.82) is 5.26 Å². The van der Waals surface area contributed by atoms with Gasteiger partial charge in [0, 0.05) is 12.6 Å². The largest absolute Gasteiger partial charge is 0.375 e. The Hall–Kier alpha value is -0.630. The molecule has 0 radical (unpaired) electrons. The first-order valence-electron chi connectivity index (χ1n) is 8.75. The van der Waals surface area contributed by atoms with E-state index >= 15 is 0 Å². The average Bonchev–Trinajstić information content (AvgIpc) is 2.96. The summed E-state index contributed by atoms with van der Waals surface area (Å²) < 4.78 is 5.96. The van der Waals surface area contributed by atoms with Crippen molar-refractivity contribution >= 4 is 0 Å². The number of hydrogen-bond acceptors (Lipinski definition) is 4. The standard InChI is InChI=1S/C17H29N3O/c1-19-17(13-18)9-4-5-14(17)8-10-20-11-12-21-16-7-3-2-6-15(16)20/h14-16,19H,2-12H2,1H3. The third kappa shape index (κ3) is 2.97. The zero-order chi connectivity index (χ0) is 14.7. The molecule has 2 aliphatic carbocycles. The maximum Gasteiger partial charge on any atom is 0.109 e. The topological polar surface area (TPSA) is 48.3 Å². The first-order chi connectivity index (χ1) is 10.3. The lowest BCUT2D eigenvalue weighted by Crippen LogP contribution is -2.53. The molecule has 0 spiro atoms. The fraction of sp³-hybridized carbons (Fsp3) is 0.941. The summed E-state index contributed by atoms with van der Waals surface area (Å²) in [4.78, 5) is 2.66. The molecule has 118 valence electrons. The second-order valence-corrected chi connectivity index (χ2v) is 7.01. The normalized spacial score (nSPS) is 40.7. The van der Waals surface area contributed by atoms with Gasteiger partial charge in [-0.05, 0) is 51.6 Å². The maximum absolute atomic E-state index is 9.57. The molecule has 0 aromatic carbocycles. The maximum atomic E-state index is 9.57. The fourth-order valence-corrected chi connectivity index (χ4v) is 4.78. The van der Waals surface area contributed by atoms with Gasteiger partial charge in [0.05, 0.1) is 18.8 Å². The third-order valence-corrected chi connectivity index (χ3v) is 6.08. The van der Waals surface area contributed by atoms with E-state index in [1.54, 1.807) is 0 Å². The molecule has 1 saturated heterocycles. The van der Waals surface area contributed by atoms with Crippen molar-refractivity contribution in [3.05, 3.63) is 0 Å². The Bertz CT molecular complexity index is 392. The van der Waals surface area contributed by atoms with Crippen LogP contribution in [0, 0.1) is 17.2 Å². The highest BCUT2D eigenvalue weighted by molar-refractivity contribution is 5.13. The Balaban J connectivity index is 1.58. The van der Waals surface area contributed by atoms with Crippen LogP contribution < -0.4 is 5.32 Å². The highest BCUT2D eigenvalue weighted by Crippen LogP contribution is 2.38. The van der Waals surface area contributed by atoms with Gasteiger partial charge in [0.2, 0.25) is 0 Å². The van der Waals surface area contributed by atoms with E-state index in [1.807, 2.05) is 7.05 Å². The van der Waals surface area contributed by atoms with Gasteiger partial charge < -0.3 is 10.1 Å². The van der Waals surface area contributed by atoms with Crippen LogP contribution in [0.4, 0.5) is 0 Å². The molecule has 1 heterocycles. The number of nitriles is 1. The van der Waals surface area contributed by atoms with Crippen LogP contribution in [0.2, 0.25) is 0 Å². The minimum absolute atomic E-state index is 0.266. The number of rotatable bonds is 4. The first kappa shape index (κ1) is 15.3. The minimum Gasteiger partial charge on any atom is -0.375 e. The Morgan fingerprint density at radius 3 is 2.95 bits per heavy atom. The summed E-state index contributed by atoms with van der Waals surface area (Å²) in [6.45, 7) is 3.11. The van der Waals surface area contributed by atoms with E-state index < -0.39 is 0 Å². The van der Waals surface area contributed by atoms with Crippen molar-refractivity contribution in [3.8, 4) is 6.07 Å². The van der Waals surface area contributed by atoms with Crippen LogP contribution in [-0.4, -0.2) is 49.3 Å². The summed E-state index contributed by atoms with van der Waals surface area (Å²) in [7, 11) is 1.95. The van der Waals surface area contributed by atoms with Crippen molar-refractivity contribution in [2.75, 3.05) is 26.7 Å². The van der Waals surface area contributed by atoms with Crippen LogP contribution in [0.5, 0.6) is 0 Å². The molecule has 4 unspecified atom stereocenters. The predicted octanol–water partition coefficient (Wildman–Crippen LogP) is 2.30. The molecule has 4 heteroatoms. The highest BCUT2D eigenvalue weighted by Gasteiger charge is 2.42. The summed E-state index contributed by atoms with van der Waals surface area (Å²) in [6, 6.07) is 3.21. The smallest absolute Gasteiger partial charge is 0.109 e. The summed E-state index contributed by atoms with van der Waals surface area (Å²) in [5.41, 5.74) is -0.266. The molecule has 0 bridgehead atoms. The van der Waals surface area contributed by atoms with Crippen LogP contribution in [0.25, 0.3) is 0 Å². The minimum atomic E-state index is -0.266. The zero-order valence-corrected chi connectivity index (χ0v) is 13.3. The molecule has 0 aromatic heterocycles. The molecular weight excluding hydrogens is 262 g/mol. The SMILES string of the molecule is CNC1(C#N)CCCC1CCN1CCOC2CCCCC21. The predicted molar refractivity (Wildman–Crippen MR) is 82.9 cm³/mol. The van der Waals surface area contributed by atoms with Gasteiger partial charge in [0.25, 0.3) is 0 Å². The van der Waals surface area contributed by atoms with Gasteiger partial charge in [0.1, 0.15) is 5.54 Å². The molecule has 0 amide bonds. The van der Waals surface area contributed by atoms with Crippen molar-refractivity contribution in [3.63, 3.8) is 0 Å². The lowest BCUT2D eigenvalue weighted by molar-refractivity contribution is -0.0894. The van der Waals surface area contributed by atoms with Crippen molar-refractivity contribution in [1.82, 2.24) is 10.2 Å². The van der Waals surface area contributed by atoms with Gasteiger partial charge in [-0.25, -0.2) is 0 Å². The van der Waals surface area contributed by atoms with Crippen LogP contribution in [0.1, 0.15) is 51.4 Å².